The minimum atomic E-state index is -2.64. The molecule has 0 aliphatic heterocycles. The maximum absolute atomic E-state index is 11.7. The molecule has 1 unspecified atom stereocenters. The van der Waals surface area contributed by atoms with Crippen LogP contribution in [0.2, 0.25) is 0 Å². The van der Waals surface area contributed by atoms with Crippen LogP contribution in [0.15, 0.2) is 0 Å². The fourth-order valence-electron chi connectivity index (χ4n) is 0.681. The van der Waals surface area contributed by atoms with E-state index in [4.69, 9.17) is 5.11 Å². The quantitative estimate of drug-likeness (QED) is 0.599. The summed E-state index contributed by atoms with van der Waals surface area (Å²) in [7, 11) is 0. The zero-order chi connectivity index (χ0) is 9.40. The van der Waals surface area contributed by atoms with Crippen LogP contribution >= 0.6 is 11.8 Å². The molecule has 0 saturated heterocycles. The molecule has 0 spiro atoms. The monoisotopic (exact) mass is 199 g/mol. The third-order valence-electron chi connectivity index (χ3n) is 1.35. The molecule has 2 nitrogen and oxygen atoms in total. The first-order valence-electron chi connectivity index (χ1n) is 3.84. The van der Waals surface area contributed by atoms with Gasteiger partial charge in [0, 0.05) is 6.54 Å². The summed E-state index contributed by atoms with van der Waals surface area (Å²) in [4.78, 5) is 0. The summed E-state index contributed by atoms with van der Waals surface area (Å²) in [6.45, 7) is 0.663. The van der Waals surface area contributed by atoms with Crippen LogP contribution in [0.5, 0.6) is 0 Å². The van der Waals surface area contributed by atoms with E-state index in [-0.39, 0.29) is 6.54 Å². The first-order valence-corrected chi connectivity index (χ1v) is 5.23. The fourth-order valence-corrected chi connectivity index (χ4v) is 1.11. The summed E-state index contributed by atoms with van der Waals surface area (Å²) in [6, 6.07) is 0. The smallest absolute Gasteiger partial charge is 0.265 e. The number of aliphatic hydroxyl groups is 1. The predicted octanol–water partition coefficient (Wildman–Crippen LogP) is 0.955. The van der Waals surface area contributed by atoms with Crippen LogP contribution in [0.25, 0.3) is 0 Å². The molecule has 74 valence electrons. The Morgan fingerprint density at radius 3 is 2.67 bits per heavy atom. The van der Waals surface area contributed by atoms with E-state index in [2.05, 4.69) is 5.32 Å². The highest BCUT2D eigenvalue weighted by Gasteiger charge is 2.15. The van der Waals surface area contributed by atoms with Crippen LogP contribution in [-0.4, -0.2) is 42.7 Å². The van der Waals surface area contributed by atoms with Crippen molar-refractivity contribution in [2.75, 3.05) is 25.1 Å². The van der Waals surface area contributed by atoms with E-state index < -0.39 is 12.5 Å². The third kappa shape index (κ3) is 6.82. The van der Waals surface area contributed by atoms with Gasteiger partial charge in [0.05, 0.1) is 0 Å². The molecule has 0 fully saturated rings. The lowest BCUT2D eigenvalue weighted by atomic mass is 10.3. The minimum Gasteiger partial charge on any atom is -0.386 e. The summed E-state index contributed by atoms with van der Waals surface area (Å²) >= 11 is 1.72. The van der Waals surface area contributed by atoms with Crippen molar-refractivity contribution in [3.8, 4) is 0 Å². The standard InChI is InChI=1S/C7H15F2NOS/c1-12-4-2-3-10-5-6(11)7(8)9/h6-7,10-11H,2-5H2,1H3. The molecule has 0 aromatic heterocycles. The highest BCUT2D eigenvalue weighted by molar-refractivity contribution is 7.98. The van der Waals surface area contributed by atoms with Crippen LogP contribution in [-0.2, 0) is 0 Å². The Labute approximate surface area is 75.7 Å². The lowest BCUT2D eigenvalue weighted by molar-refractivity contribution is -0.00311. The number of nitrogens with one attached hydrogen (secondary N) is 1. The van der Waals surface area contributed by atoms with Gasteiger partial charge >= 0.3 is 0 Å². The molecule has 0 rings (SSSR count). The van der Waals surface area contributed by atoms with Gasteiger partial charge in [-0.25, -0.2) is 8.78 Å². The summed E-state index contributed by atoms with van der Waals surface area (Å²) in [5.41, 5.74) is 0. The van der Waals surface area contributed by atoms with Gasteiger partial charge in [0.2, 0.25) is 0 Å². The van der Waals surface area contributed by atoms with Crippen LogP contribution in [0.4, 0.5) is 8.78 Å². The van der Waals surface area contributed by atoms with E-state index in [1.807, 2.05) is 6.26 Å². The van der Waals surface area contributed by atoms with E-state index in [0.29, 0.717) is 6.54 Å². The SMILES string of the molecule is CSCCCNCC(O)C(F)F. The van der Waals surface area contributed by atoms with E-state index in [0.717, 1.165) is 12.2 Å². The second kappa shape index (κ2) is 7.76. The summed E-state index contributed by atoms with van der Waals surface area (Å²) in [5, 5.41) is 11.4. The number of hydrogen-bond donors (Lipinski definition) is 2. The van der Waals surface area contributed by atoms with Gasteiger partial charge in [0.1, 0.15) is 6.10 Å². The first-order chi connectivity index (χ1) is 5.68. The molecular weight excluding hydrogens is 184 g/mol. The maximum atomic E-state index is 11.7. The maximum Gasteiger partial charge on any atom is 0.265 e. The number of rotatable bonds is 7. The number of alkyl halides is 2. The van der Waals surface area contributed by atoms with E-state index in [1.54, 1.807) is 11.8 Å². The molecule has 0 amide bonds. The molecule has 0 heterocycles. The molecule has 0 bridgehead atoms. The van der Waals surface area contributed by atoms with Crippen molar-refractivity contribution in [1.82, 2.24) is 5.32 Å². The number of thioether (sulfide) groups is 1. The van der Waals surface area contributed by atoms with Crippen molar-refractivity contribution in [3.63, 3.8) is 0 Å². The van der Waals surface area contributed by atoms with Gasteiger partial charge in [-0.3, -0.25) is 0 Å². The number of halogens is 2. The molecule has 0 aliphatic carbocycles. The molecule has 0 aromatic carbocycles. The van der Waals surface area contributed by atoms with Crippen LogP contribution in [0.1, 0.15) is 6.42 Å². The lowest BCUT2D eigenvalue weighted by Gasteiger charge is -2.09. The molecule has 0 aromatic rings. The second-order valence-corrected chi connectivity index (χ2v) is 3.44. The fraction of sp³-hybridized carbons (Fsp3) is 1.00. The molecule has 0 saturated carbocycles. The molecule has 0 radical (unpaired) electrons. The molecule has 0 aliphatic rings. The van der Waals surface area contributed by atoms with E-state index in [1.165, 1.54) is 0 Å². The Morgan fingerprint density at radius 2 is 2.17 bits per heavy atom. The summed E-state index contributed by atoms with van der Waals surface area (Å²) < 4.78 is 23.4. The summed E-state index contributed by atoms with van der Waals surface area (Å²) in [5.74, 6) is 1.01. The van der Waals surface area contributed by atoms with Crippen LogP contribution in [0.3, 0.4) is 0 Å². The van der Waals surface area contributed by atoms with Gasteiger partial charge in [-0.1, -0.05) is 0 Å². The Bertz CT molecular complexity index is 105. The van der Waals surface area contributed by atoms with Crippen molar-refractivity contribution in [1.29, 1.82) is 0 Å². The van der Waals surface area contributed by atoms with Gasteiger partial charge in [-0.15, -0.1) is 0 Å². The lowest BCUT2D eigenvalue weighted by Crippen LogP contribution is -2.32. The van der Waals surface area contributed by atoms with Gasteiger partial charge in [0.25, 0.3) is 6.43 Å². The average molecular weight is 199 g/mol. The largest absolute Gasteiger partial charge is 0.386 e. The Kier molecular flexibility index (Phi) is 7.85. The van der Waals surface area contributed by atoms with Crippen molar-refractivity contribution in [3.05, 3.63) is 0 Å². The topological polar surface area (TPSA) is 32.3 Å². The predicted molar refractivity (Wildman–Crippen MR) is 47.9 cm³/mol. The van der Waals surface area contributed by atoms with E-state index in [9.17, 15) is 8.78 Å². The molecule has 5 heteroatoms. The van der Waals surface area contributed by atoms with Crippen molar-refractivity contribution < 1.29 is 13.9 Å². The van der Waals surface area contributed by atoms with Gasteiger partial charge in [0.15, 0.2) is 0 Å². The Hall–Kier alpha value is 0.130. The van der Waals surface area contributed by atoms with Crippen molar-refractivity contribution >= 4 is 11.8 Å². The van der Waals surface area contributed by atoms with Crippen LogP contribution < -0.4 is 5.32 Å². The van der Waals surface area contributed by atoms with E-state index >= 15 is 0 Å². The van der Waals surface area contributed by atoms with Gasteiger partial charge in [-0.05, 0) is 25.0 Å². The highest BCUT2D eigenvalue weighted by atomic mass is 32.2. The Balaban J connectivity index is 3.08. The van der Waals surface area contributed by atoms with Gasteiger partial charge < -0.3 is 10.4 Å². The first kappa shape index (κ1) is 12.1. The normalized spacial score (nSPS) is 13.8. The van der Waals surface area contributed by atoms with Gasteiger partial charge in [-0.2, -0.15) is 11.8 Å². The zero-order valence-electron chi connectivity index (χ0n) is 7.09. The molecular formula is C7H15F2NOS. The average Bonchev–Trinajstić information content (AvgIpc) is 2.03. The zero-order valence-corrected chi connectivity index (χ0v) is 7.91. The molecule has 12 heavy (non-hydrogen) atoms. The highest BCUT2D eigenvalue weighted by Crippen LogP contribution is 1.98. The Morgan fingerprint density at radius 1 is 1.50 bits per heavy atom. The third-order valence-corrected chi connectivity index (χ3v) is 2.04. The number of aliphatic hydroxyl groups excluding tert-OH is 1. The molecule has 1 atom stereocenters. The second-order valence-electron chi connectivity index (χ2n) is 2.45. The summed E-state index contributed by atoms with van der Waals surface area (Å²) in [6.07, 6.45) is -1.23. The molecule has 2 N–H and O–H groups in total. The van der Waals surface area contributed by atoms with Crippen LogP contribution in [0, 0.1) is 0 Å². The number of hydrogen-bond acceptors (Lipinski definition) is 3. The minimum absolute atomic E-state index is 0.0218. The van der Waals surface area contributed by atoms with Crippen molar-refractivity contribution in [2.24, 2.45) is 0 Å². The van der Waals surface area contributed by atoms with Crippen molar-refractivity contribution in [2.45, 2.75) is 19.0 Å².